The first-order valence-electron chi connectivity index (χ1n) is 8.28. The Balaban J connectivity index is 2.16. The summed E-state index contributed by atoms with van der Waals surface area (Å²) in [5.41, 5.74) is 1.34. The van der Waals surface area contributed by atoms with Crippen molar-refractivity contribution in [2.24, 2.45) is 0 Å². The second-order valence-electron chi connectivity index (χ2n) is 5.64. The van der Waals surface area contributed by atoms with Gasteiger partial charge in [-0.25, -0.2) is 4.98 Å². The summed E-state index contributed by atoms with van der Waals surface area (Å²) in [6.07, 6.45) is 3.68. The Labute approximate surface area is 142 Å². The van der Waals surface area contributed by atoms with Gasteiger partial charge in [-0.3, -0.25) is 4.79 Å². The summed E-state index contributed by atoms with van der Waals surface area (Å²) >= 11 is 0. The molecule has 1 aromatic heterocycles. The normalized spacial score (nSPS) is 10.6. The van der Waals surface area contributed by atoms with Gasteiger partial charge in [0, 0.05) is 6.54 Å². The van der Waals surface area contributed by atoms with Crippen LogP contribution in [0.15, 0.2) is 30.5 Å². The van der Waals surface area contributed by atoms with Crippen LogP contribution in [0.3, 0.4) is 0 Å². The first-order chi connectivity index (χ1) is 11.7. The molecule has 2 aromatic rings. The number of aliphatic hydroxyl groups excluding tert-OH is 1. The highest BCUT2D eigenvalue weighted by molar-refractivity contribution is 5.96. The van der Waals surface area contributed by atoms with Gasteiger partial charge in [0.2, 0.25) is 0 Å². The molecule has 0 fully saturated rings. The summed E-state index contributed by atoms with van der Waals surface area (Å²) in [6.45, 7) is 5.05. The van der Waals surface area contributed by atoms with E-state index in [9.17, 15) is 9.90 Å². The average Bonchev–Trinajstić information content (AvgIpc) is 2.99. The zero-order chi connectivity index (χ0) is 17.4. The summed E-state index contributed by atoms with van der Waals surface area (Å²) in [5, 5.41) is 9.31. The standard InChI is InChI=1S/C18H25N3O3/c1-3-4-11-24-17-8-6-5-7-16(17)18(23)21(9-10-22)13-15-12-19-14(2)20-15/h5-8,12,22H,3-4,9-11,13H2,1-2H3,(H,19,20). The van der Waals surface area contributed by atoms with Crippen LogP contribution in [0.25, 0.3) is 0 Å². The molecule has 1 aromatic carbocycles. The van der Waals surface area contributed by atoms with Gasteiger partial charge in [-0.2, -0.15) is 0 Å². The fourth-order valence-corrected chi connectivity index (χ4v) is 2.40. The number of unbranched alkanes of at least 4 members (excludes halogenated alkanes) is 1. The maximum absolute atomic E-state index is 12.9. The molecule has 0 bridgehead atoms. The third-order valence-corrected chi connectivity index (χ3v) is 3.65. The predicted molar refractivity (Wildman–Crippen MR) is 92.0 cm³/mol. The van der Waals surface area contributed by atoms with Gasteiger partial charge in [0.05, 0.1) is 37.2 Å². The minimum atomic E-state index is -0.164. The minimum Gasteiger partial charge on any atom is -0.493 e. The Bertz CT molecular complexity index is 654. The van der Waals surface area contributed by atoms with E-state index in [1.807, 2.05) is 19.1 Å². The van der Waals surface area contributed by atoms with Crippen molar-refractivity contribution >= 4 is 5.91 Å². The van der Waals surface area contributed by atoms with Gasteiger partial charge in [0.15, 0.2) is 0 Å². The lowest BCUT2D eigenvalue weighted by Gasteiger charge is -2.22. The highest BCUT2D eigenvalue weighted by Crippen LogP contribution is 2.21. The molecular weight excluding hydrogens is 306 g/mol. The molecule has 0 saturated carbocycles. The lowest BCUT2D eigenvalue weighted by molar-refractivity contribution is 0.0701. The molecule has 2 N–H and O–H groups in total. The van der Waals surface area contributed by atoms with Crippen molar-refractivity contribution in [3.63, 3.8) is 0 Å². The van der Waals surface area contributed by atoms with Crippen molar-refractivity contribution < 1.29 is 14.6 Å². The number of hydrogen-bond acceptors (Lipinski definition) is 4. The zero-order valence-corrected chi connectivity index (χ0v) is 14.3. The molecule has 1 heterocycles. The van der Waals surface area contributed by atoms with Crippen LogP contribution in [0, 0.1) is 6.92 Å². The Morgan fingerprint density at radius 1 is 1.38 bits per heavy atom. The number of aromatic amines is 1. The number of carbonyl (C=O) groups is 1. The van der Waals surface area contributed by atoms with Gasteiger partial charge in [0.1, 0.15) is 11.6 Å². The lowest BCUT2D eigenvalue weighted by Crippen LogP contribution is -2.33. The Hall–Kier alpha value is -2.34. The van der Waals surface area contributed by atoms with E-state index in [-0.39, 0.29) is 19.1 Å². The quantitative estimate of drug-likeness (QED) is 0.692. The van der Waals surface area contributed by atoms with E-state index in [1.165, 1.54) is 0 Å². The van der Waals surface area contributed by atoms with Crippen molar-refractivity contribution in [2.45, 2.75) is 33.2 Å². The van der Waals surface area contributed by atoms with Crippen LogP contribution in [0.5, 0.6) is 5.75 Å². The van der Waals surface area contributed by atoms with Crippen molar-refractivity contribution in [3.8, 4) is 5.75 Å². The maximum atomic E-state index is 12.9. The van der Waals surface area contributed by atoms with Gasteiger partial charge in [-0.1, -0.05) is 25.5 Å². The number of imidazole rings is 1. The molecule has 6 nitrogen and oxygen atoms in total. The first kappa shape index (κ1) is 18.0. The number of benzene rings is 1. The SMILES string of the molecule is CCCCOc1ccccc1C(=O)N(CCO)Cc1cnc(C)[nH]1. The molecule has 0 aliphatic rings. The number of hydrogen-bond donors (Lipinski definition) is 2. The van der Waals surface area contributed by atoms with Gasteiger partial charge in [0.25, 0.3) is 5.91 Å². The van der Waals surface area contributed by atoms with E-state index in [0.717, 1.165) is 24.4 Å². The zero-order valence-electron chi connectivity index (χ0n) is 14.3. The Morgan fingerprint density at radius 3 is 2.83 bits per heavy atom. The van der Waals surface area contributed by atoms with E-state index in [2.05, 4.69) is 16.9 Å². The number of H-pyrrole nitrogens is 1. The molecule has 0 atom stereocenters. The molecule has 130 valence electrons. The van der Waals surface area contributed by atoms with Gasteiger partial charge >= 0.3 is 0 Å². The molecule has 1 amide bonds. The predicted octanol–water partition coefficient (Wildman–Crippen LogP) is 2.53. The number of para-hydroxylation sites is 1. The minimum absolute atomic E-state index is 0.0995. The van der Waals surface area contributed by atoms with Crippen LogP contribution in [0.4, 0.5) is 0 Å². The second kappa shape index (κ2) is 9.08. The average molecular weight is 331 g/mol. The van der Waals surface area contributed by atoms with Crippen LogP contribution in [0.2, 0.25) is 0 Å². The maximum Gasteiger partial charge on any atom is 0.258 e. The molecule has 0 saturated heterocycles. The van der Waals surface area contributed by atoms with Crippen molar-refractivity contribution in [1.82, 2.24) is 14.9 Å². The topological polar surface area (TPSA) is 78.4 Å². The first-order valence-corrected chi connectivity index (χ1v) is 8.28. The second-order valence-corrected chi connectivity index (χ2v) is 5.64. The molecule has 2 rings (SSSR count). The van der Waals surface area contributed by atoms with Gasteiger partial charge in [-0.05, 0) is 25.5 Å². The van der Waals surface area contributed by atoms with Crippen LogP contribution in [-0.2, 0) is 6.54 Å². The van der Waals surface area contributed by atoms with Gasteiger partial charge < -0.3 is 19.7 Å². The number of aryl methyl sites for hydroxylation is 1. The van der Waals surface area contributed by atoms with Crippen LogP contribution in [0.1, 0.15) is 41.6 Å². The van der Waals surface area contributed by atoms with E-state index >= 15 is 0 Å². The smallest absolute Gasteiger partial charge is 0.258 e. The van der Waals surface area contributed by atoms with Crippen molar-refractivity contribution in [1.29, 1.82) is 0 Å². The Morgan fingerprint density at radius 2 is 2.17 bits per heavy atom. The molecular formula is C18H25N3O3. The van der Waals surface area contributed by atoms with E-state index in [4.69, 9.17) is 4.74 Å². The monoisotopic (exact) mass is 331 g/mol. The summed E-state index contributed by atoms with van der Waals surface area (Å²) < 4.78 is 5.75. The summed E-state index contributed by atoms with van der Waals surface area (Å²) in [7, 11) is 0. The van der Waals surface area contributed by atoms with Crippen molar-refractivity contribution in [3.05, 3.63) is 47.5 Å². The van der Waals surface area contributed by atoms with E-state index in [0.29, 0.717) is 24.5 Å². The van der Waals surface area contributed by atoms with Gasteiger partial charge in [-0.15, -0.1) is 0 Å². The molecule has 24 heavy (non-hydrogen) atoms. The van der Waals surface area contributed by atoms with Crippen LogP contribution in [-0.4, -0.2) is 45.6 Å². The Kier molecular flexibility index (Phi) is 6.81. The number of nitrogens with zero attached hydrogens (tertiary/aromatic N) is 2. The molecule has 6 heteroatoms. The molecule has 0 radical (unpaired) electrons. The third-order valence-electron chi connectivity index (χ3n) is 3.65. The molecule has 0 unspecified atom stereocenters. The highest BCUT2D eigenvalue weighted by atomic mass is 16.5. The fraction of sp³-hybridized carbons (Fsp3) is 0.444. The summed E-state index contributed by atoms with van der Waals surface area (Å²) in [4.78, 5) is 21.8. The number of rotatable bonds is 9. The third kappa shape index (κ3) is 4.83. The molecule has 0 spiro atoms. The summed E-state index contributed by atoms with van der Waals surface area (Å²) in [6, 6.07) is 7.23. The van der Waals surface area contributed by atoms with E-state index < -0.39 is 0 Å². The number of aliphatic hydroxyl groups is 1. The van der Waals surface area contributed by atoms with E-state index in [1.54, 1.807) is 23.2 Å². The van der Waals surface area contributed by atoms with Crippen molar-refractivity contribution in [2.75, 3.05) is 19.8 Å². The fourth-order valence-electron chi connectivity index (χ4n) is 2.40. The number of nitrogens with one attached hydrogen (secondary N) is 1. The lowest BCUT2D eigenvalue weighted by atomic mass is 10.1. The number of aromatic nitrogens is 2. The molecule has 0 aliphatic heterocycles. The number of amides is 1. The van der Waals surface area contributed by atoms with Crippen LogP contribution >= 0.6 is 0 Å². The molecule has 0 aliphatic carbocycles. The van der Waals surface area contributed by atoms with Crippen LogP contribution < -0.4 is 4.74 Å². The summed E-state index contributed by atoms with van der Waals surface area (Å²) in [5.74, 6) is 1.22. The number of ether oxygens (including phenoxy) is 1. The number of carbonyl (C=O) groups excluding carboxylic acids is 1. The largest absolute Gasteiger partial charge is 0.493 e. The highest BCUT2D eigenvalue weighted by Gasteiger charge is 2.20.